The lowest BCUT2D eigenvalue weighted by Crippen LogP contribution is -2.31. The lowest BCUT2D eigenvalue weighted by atomic mass is 10.2. The van der Waals surface area contributed by atoms with Gasteiger partial charge in [-0.3, -0.25) is 0 Å². The minimum Gasteiger partial charge on any atom is -0.458 e. The van der Waals surface area contributed by atoms with Crippen LogP contribution in [0.25, 0.3) is 0 Å². The molecule has 0 aromatic rings. The molecule has 0 aromatic carbocycles. The van der Waals surface area contributed by atoms with Crippen molar-refractivity contribution in [1.29, 1.82) is 0 Å². The molecule has 0 bridgehead atoms. The zero-order valence-electron chi connectivity index (χ0n) is 11.8. The molecule has 0 spiro atoms. The van der Waals surface area contributed by atoms with Crippen molar-refractivity contribution in [3.05, 3.63) is 12.2 Å². The molecule has 0 saturated heterocycles. The van der Waals surface area contributed by atoms with Gasteiger partial charge in [-0.15, -0.1) is 0 Å². The van der Waals surface area contributed by atoms with Gasteiger partial charge in [0.05, 0.1) is 0 Å². The lowest BCUT2D eigenvalue weighted by Gasteiger charge is -2.22. The van der Waals surface area contributed by atoms with Crippen molar-refractivity contribution < 1.29 is 9.53 Å². The quantitative estimate of drug-likeness (QED) is 0.475. The van der Waals surface area contributed by atoms with Gasteiger partial charge >= 0.3 is 5.97 Å². The average Bonchev–Trinajstić information content (AvgIpc) is 2.15. The summed E-state index contributed by atoms with van der Waals surface area (Å²) >= 11 is 0. The second kappa shape index (κ2) is 8.25. The Labute approximate surface area is 105 Å². The first-order valence-corrected chi connectivity index (χ1v) is 5.99. The van der Waals surface area contributed by atoms with Crippen molar-refractivity contribution >= 4 is 5.97 Å². The highest BCUT2D eigenvalue weighted by Crippen LogP contribution is 2.07. The fourth-order valence-corrected chi connectivity index (χ4v) is 1.48. The van der Waals surface area contributed by atoms with E-state index in [1.807, 2.05) is 33.1 Å². The standard InChI is InChI=1S/C13H26N2O2/c1-11(2)13(16)17-12(10-15(5)6)8-7-9-14(3)4/h12H,1,7-10H2,2-6H3. The molecule has 0 aromatic heterocycles. The van der Waals surface area contributed by atoms with Gasteiger partial charge in [0.2, 0.25) is 0 Å². The molecule has 4 heteroatoms. The van der Waals surface area contributed by atoms with Gasteiger partial charge in [-0.1, -0.05) is 6.58 Å². The molecule has 0 saturated carbocycles. The smallest absolute Gasteiger partial charge is 0.333 e. The molecule has 0 aliphatic heterocycles. The molecule has 0 aliphatic rings. The monoisotopic (exact) mass is 242 g/mol. The second-order valence-electron chi connectivity index (χ2n) is 5.02. The minimum absolute atomic E-state index is 0.0471. The third kappa shape index (κ3) is 8.89. The van der Waals surface area contributed by atoms with Crippen LogP contribution < -0.4 is 0 Å². The van der Waals surface area contributed by atoms with E-state index in [1.54, 1.807) is 6.92 Å². The summed E-state index contributed by atoms with van der Waals surface area (Å²) in [7, 11) is 8.04. The van der Waals surface area contributed by atoms with Crippen molar-refractivity contribution in [1.82, 2.24) is 9.80 Å². The number of carbonyl (C=O) groups is 1. The third-order valence-electron chi connectivity index (χ3n) is 2.32. The van der Waals surface area contributed by atoms with Gasteiger partial charge in [0.15, 0.2) is 0 Å². The van der Waals surface area contributed by atoms with Gasteiger partial charge in [0, 0.05) is 12.1 Å². The van der Waals surface area contributed by atoms with E-state index in [9.17, 15) is 4.79 Å². The molecule has 0 N–H and O–H groups in total. The maximum Gasteiger partial charge on any atom is 0.333 e. The van der Waals surface area contributed by atoms with Crippen LogP contribution in [-0.4, -0.2) is 63.2 Å². The fourth-order valence-electron chi connectivity index (χ4n) is 1.48. The maximum absolute atomic E-state index is 11.5. The number of nitrogens with zero attached hydrogens (tertiary/aromatic N) is 2. The molecule has 0 amide bonds. The molecule has 0 aliphatic carbocycles. The normalized spacial score (nSPS) is 12.9. The molecular formula is C13H26N2O2. The highest BCUT2D eigenvalue weighted by atomic mass is 16.5. The first kappa shape index (κ1) is 16.1. The van der Waals surface area contributed by atoms with E-state index in [4.69, 9.17) is 4.74 Å². The number of carbonyl (C=O) groups excluding carboxylic acids is 1. The highest BCUT2D eigenvalue weighted by molar-refractivity contribution is 5.87. The van der Waals surface area contributed by atoms with Gasteiger partial charge in [-0.2, -0.15) is 0 Å². The number of hydrogen-bond donors (Lipinski definition) is 0. The van der Waals surface area contributed by atoms with Crippen LogP contribution in [0.5, 0.6) is 0 Å². The number of hydrogen-bond acceptors (Lipinski definition) is 4. The van der Waals surface area contributed by atoms with Crippen molar-refractivity contribution in [2.45, 2.75) is 25.9 Å². The van der Waals surface area contributed by atoms with Crippen LogP contribution in [0.15, 0.2) is 12.2 Å². The summed E-state index contributed by atoms with van der Waals surface area (Å²) in [5.41, 5.74) is 0.460. The van der Waals surface area contributed by atoms with Crippen molar-refractivity contribution in [3.63, 3.8) is 0 Å². The second-order valence-corrected chi connectivity index (χ2v) is 5.02. The van der Waals surface area contributed by atoms with Gasteiger partial charge in [-0.25, -0.2) is 4.79 Å². The minimum atomic E-state index is -0.290. The van der Waals surface area contributed by atoms with E-state index in [2.05, 4.69) is 11.5 Å². The average molecular weight is 242 g/mol. The van der Waals surface area contributed by atoms with E-state index >= 15 is 0 Å². The summed E-state index contributed by atoms with van der Waals surface area (Å²) in [5.74, 6) is -0.290. The molecule has 4 nitrogen and oxygen atoms in total. The Hall–Kier alpha value is -0.870. The largest absolute Gasteiger partial charge is 0.458 e. The van der Waals surface area contributed by atoms with E-state index in [-0.39, 0.29) is 12.1 Å². The fraction of sp³-hybridized carbons (Fsp3) is 0.769. The molecule has 17 heavy (non-hydrogen) atoms. The van der Waals surface area contributed by atoms with Gasteiger partial charge in [0.25, 0.3) is 0 Å². The first-order chi connectivity index (χ1) is 7.82. The summed E-state index contributed by atoms with van der Waals surface area (Å²) in [6.45, 7) is 7.04. The predicted molar refractivity (Wildman–Crippen MR) is 71.0 cm³/mol. The molecule has 0 heterocycles. The van der Waals surface area contributed by atoms with Crippen molar-refractivity contribution in [2.75, 3.05) is 41.3 Å². The van der Waals surface area contributed by atoms with E-state index in [0.717, 1.165) is 25.9 Å². The zero-order valence-corrected chi connectivity index (χ0v) is 11.8. The first-order valence-electron chi connectivity index (χ1n) is 5.99. The number of likely N-dealkylation sites (N-methyl/N-ethyl adjacent to an activating group) is 1. The summed E-state index contributed by atoms with van der Waals surface area (Å²) in [6.07, 6.45) is 1.86. The molecular weight excluding hydrogens is 216 g/mol. The van der Waals surface area contributed by atoms with Crippen molar-refractivity contribution in [2.24, 2.45) is 0 Å². The van der Waals surface area contributed by atoms with E-state index in [0.29, 0.717) is 5.57 Å². The number of esters is 1. The summed E-state index contributed by atoms with van der Waals surface area (Å²) in [5, 5.41) is 0. The Balaban J connectivity index is 4.14. The zero-order chi connectivity index (χ0) is 13.4. The van der Waals surface area contributed by atoms with E-state index in [1.165, 1.54) is 0 Å². The van der Waals surface area contributed by atoms with Crippen LogP contribution in [-0.2, 0) is 9.53 Å². The molecule has 0 rings (SSSR count). The van der Waals surface area contributed by atoms with Gasteiger partial charge in [0.1, 0.15) is 6.10 Å². The Kier molecular flexibility index (Phi) is 7.83. The van der Waals surface area contributed by atoms with Gasteiger partial charge < -0.3 is 14.5 Å². The van der Waals surface area contributed by atoms with Gasteiger partial charge in [-0.05, 0) is 54.5 Å². The van der Waals surface area contributed by atoms with Crippen LogP contribution in [0.4, 0.5) is 0 Å². The Morgan fingerprint density at radius 1 is 1.24 bits per heavy atom. The molecule has 1 unspecified atom stereocenters. The molecule has 0 fully saturated rings. The van der Waals surface area contributed by atoms with E-state index < -0.39 is 0 Å². The SMILES string of the molecule is C=C(C)C(=O)OC(CCCN(C)C)CN(C)C. The highest BCUT2D eigenvalue weighted by Gasteiger charge is 2.15. The van der Waals surface area contributed by atoms with Crippen LogP contribution in [0.1, 0.15) is 19.8 Å². The summed E-state index contributed by atoms with van der Waals surface area (Å²) in [4.78, 5) is 15.6. The number of rotatable bonds is 8. The molecule has 100 valence electrons. The van der Waals surface area contributed by atoms with Crippen LogP contribution >= 0.6 is 0 Å². The van der Waals surface area contributed by atoms with Crippen LogP contribution in [0.3, 0.4) is 0 Å². The predicted octanol–water partition coefficient (Wildman–Crippen LogP) is 1.38. The topological polar surface area (TPSA) is 32.8 Å². The Bertz CT molecular complexity index is 250. The van der Waals surface area contributed by atoms with Crippen molar-refractivity contribution in [3.8, 4) is 0 Å². The summed E-state index contributed by atoms with van der Waals surface area (Å²) < 4.78 is 5.41. The Morgan fingerprint density at radius 2 is 1.82 bits per heavy atom. The maximum atomic E-state index is 11.5. The summed E-state index contributed by atoms with van der Waals surface area (Å²) in [6, 6.07) is 0. The Morgan fingerprint density at radius 3 is 2.24 bits per heavy atom. The van der Waals surface area contributed by atoms with Crippen LogP contribution in [0, 0.1) is 0 Å². The lowest BCUT2D eigenvalue weighted by molar-refractivity contribution is -0.145. The number of ether oxygens (including phenoxy) is 1. The third-order valence-corrected chi connectivity index (χ3v) is 2.32. The molecule has 1 atom stereocenters. The molecule has 0 radical (unpaired) electrons. The van der Waals surface area contributed by atoms with Crippen LogP contribution in [0.2, 0.25) is 0 Å².